The van der Waals surface area contributed by atoms with Crippen molar-refractivity contribution in [2.75, 3.05) is 31.6 Å². The molecule has 1 fully saturated rings. The highest BCUT2D eigenvalue weighted by molar-refractivity contribution is 6.32. The van der Waals surface area contributed by atoms with Gasteiger partial charge in [0.25, 0.3) is 5.91 Å². The lowest BCUT2D eigenvalue weighted by atomic mass is 10.1. The minimum atomic E-state index is -0.327. The van der Waals surface area contributed by atoms with E-state index in [1.807, 2.05) is 18.2 Å². The molecule has 1 heterocycles. The number of hydrogen-bond acceptors (Lipinski definition) is 3. The van der Waals surface area contributed by atoms with Gasteiger partial charge in [-0.1, -0.05) is 41.9 Å². The van der Waals surface area contributed by atoms with Crippen LogP contribution in [0.1, 0.15) is 15.9 Å². The van der Waals surface area contributed by atoms with Crippen LogP contribution in [-0.4, -0.2) is 43.0 Å². The van der Waals surface area contributed by atoms with Gasteiger partial charge in [-0.2, -0.15) is 0 Å². The zero-order valence-corrected chi connectivity index (χ0v) is 14.9. The van der Waals surface area contributed by atoms with Crippen LogP contribution in [0.15, 0.2) is 54.6 Å². The molecule has 0 aromatic heterocycles. The standard InChI is InChI=1S/C20H19ClN2O3/c21-17-7-3-1-5-15(17)9-10-19(24)22-18-8-4-2-6-16(18)20(25)23-11-13-26-14-12-23/h1-10H,11-14H2,(H,22,24)/b10-9+. The highest BCUT2D eigenvalue weighted by Crippen LogP contribution is 2.19. The number of carbonyl (C=O) groups is 2. The molecule has 0 unspecified atom stereocenters. The van der Waals surface area contributed by atoms with E-state index in [4.69, 9.17) is 16.3 Å². The monoisotopic (exact) mass is 370 g/mol. The highest BCUT2D eigenvalue weighted by atomic mass is 35.5. The summed E-state index contributed by atoms with van der Waals surface area (Å²) in [6.45, 7) is 2.16. The number of anilines is 1. The number of para-hydroxylation sites is 1. The Labute approximate surface area is 157 Å². The molecule has 1 aliphatic heterocycles. The molecule has 1 saturated heterocycles. The second-order valence-corrected chi connectivity index (χ2v) is 6.20. The third-order valence-corrected chi connectivity index (χ3v) is 4.38. The maximum Gasteiger partial charge on any atom is 0.256 e. The molecule has 5 nitrogen and oxygen atoms in total. The molecule has 0 saturated carbocycles. The maximum atomic E-state index is 12.7. The van der Waals surface area contributed by atoms with Crippen LogP contribution in [0.5, 0.6) is 0 Å². The van der Waals surface area contributed by atoms with Crippen molar-refractivity contribution in [2.45, 2.75) is 0 Å². The Morgan fingerprint density at radius 1 is 1.04 bits per heavy atom. The van der Waals surface area contributed by atoms with Crippen molar-refractivity contribution in [1.82, 2.24) is 4.90 Å². The Hall–Kier alpha value is -2.63. The lowest BCUT2D eigenvalue weighted by molar-refractivity contribution is -0.111. The summed E-state index contributed by atoms with van der Waals surface area (Å²) in [4.78, 5) is 26.7. The number of nitrogens with one attached hydrogen (secondary N) is 1. The van der Waals surface area contributed by atoms with Crippen molar-refractivity contribution in [3.8, 4) is 0 Å². The van der Waals surface area contributed by atoms with Crippen LogP contribution in [0.4, 0.5) is 5.69 Å². The molecule has 26 heavy (non-hydrogen) atoms. The van der Waals surface area contributed by atoms with Gasteiger partial charge in [0.2, 0.25) is 5.91 Å². The number of amides is 2. The lowest BCUT2D eigenvalue weighted by Crippen LogP contribution is -2.41. The summed E-state index contributed by atoms with van der Waals surface area (Å²) in [6.07, 6.45) is 3.04. The summed E-state index contributed by atoms with van der Waals surface area (Å²) >= 11 is 6.08. The molecule has 0 bridgehead atoms. The molecule has 3 rings (SSSR count). The van der Waals surface area contributed by atoms with Crippen LogP contribution in [0.3, 0.4) is 0 Å². The van der Waals surface area contributed by atoms with Gasteiger partial charge in [-0.25, -0.2) is 0 Å². The van der Waals surface area contributed by atoms with E-state index in [0.717, 1.165) is 5.56 Å². The predicted molar refractivity (Wildman–Crippen MR) is 102 cm³/mol. The van der Waals surface area contributed by atoms with E-state index in [1.54, 1.807) is 41.3 Å². The number of carbonyl (C=O) groups excluding carboxylic acids is 2. The van der Waals surface area contributed by atoms with Gasteiger partial charge in [-0.05, 0) is 29.8 Å². The highest BCUT2D eigenvalue weighted by Gasteiger charge is 2.21. The number of nitrogens with zero attached hydrogens (tertiary/aromatic N) is 1. The van der Waals surface area contributed by atoms with Crippen molar-refractivity contribution in [1.29, 1.82) is 0 Å². The molecule has 0 radical (unpaired) electrons. The molecule has 0 aliphatic carbocycles. The van der Waals surface area contributed by atoms with Crippen LogP contribution in [0, 0.1) is 0 Å². The molecule has 1 aliphatic rings. The average Bonchev–Trinajstić information content (AvgIpc) is 2.68. The average molecular weight is 371 g/mol. The van der Waals surface area contributed by atoms with Crippen molar-refractivity contribution < 1.29 is 14.3 Å². The summed E-state index contributed by atoms with van der Waals surface area (Å²) in [5, 5.41) is 3.34. The number of morpholine rings is 1. The fourth-order valence-electron chi connectivity index (χ4n) is 2.67. The van der Waals surface area contributed by atoms with Gasteiger partial charge in [0.05, 0.1) is 24.5 Å². The minimum Gasteiger partial charge on any atom is -0.378 e. The van der Waals surface area contributed by atoms with Crippen LogP contribution in [0.2, 0.25) is 5.02 Å². The number of hydrogen-bond donors (Lipinski definition) is 1. The first-order valence-corrected chi connectivity index (χ1v) is 8.72. The van der Waals surface area contributed by atoms with Crippen LogP contribution in [-0.2, 0) is 9.53 Å². The fourth-order valence-corrected chi connectivity index (χ4v) is 2.86. The predicted octanol–water partition coefficient (Wildman–Crippen LogP) is 3.46. The van der Waals surface area contributed by atoms with E-state index in [0.29, 0.717) is 42.6 Å². The number of benzene rings is 2. The van der Waals surface area contributed by atoms with E-state index in [-0.39, 0.29) is 11.8 Å². The van der Waals surface area contributed by atoms with E-state index in [9.17, 15) is 9.59 Å². The number of ether oxygens (including phenoxy) is 1. The zero-order chi connectivity index (χ0) is 18.4. The summed E-state index contributed by atoms with van der Waals surface area (Å²) in [7, 11) is 0. The van der Waals surface area contributed by atoms with E-state index < -0.39 is 0 Å². The molecule has 2 aromatic carbocycles. The fraction of sp³-hybridized carbons (Fsp3) is 0.200. The Morgan fingerprint density at radius 3 is 2.50 bits per heavy atom. The third-order valence-electron chi connectivity index (χ3n) is 4.03. The molecule has 1 N–H and O–H groups in total. The normalized spacial score (nSPS) is 14.4. The molecule has 0 spiro atoms. The first-order chi connectivity index (χ1) is 12.6. The first-order valence-electron chi connectivity index (χ1n) is 8.35. The minimum absolute atomic E-state index is 0.112. The van der Waals surface area contributed by atoms with Gasteiger partial charge >= 0.3 is 0 Å². The Kier molecular flexibility index (Phi) is 6.04. The van der Waals surface area contributed by atoms with Gasteiger partial charge < -0.3 is 15.0 Å². The topological polar surface area (TPSA) is 58.6 Å². The summed E-state index contributed by atoms with van der Waals surface area (Å²) in [6, 6.07) is 14.2. The van der Waals surface area contributed by atoms with Crippen LogP contribution in [0.25, 0.3) is 6.08 Å². The number of rotatable bonds is 4. The largest absolute Gasteiger partial charge is 0.378 e. The summed E-state index contributed by atoms with van der Waals surface area (Å²) in [5.41, 5.74) is 1.70. The molecule has 134 valence electrons. The molecular formula is C20H19ClN2O3. The van der Waals surface area contributed by atoms with Gasteiger partial charge in [0, 0.05) is 24.2 Å². The molecule has 0 atom stereocenters. The number of halogens is 1. The summed E-state index contributed by atoms with van der Waals surface area (Å²) in [5.74, 6) is -0.438. The molecular weight excluding hydrogens is 352 g/mol. The lowest BCUT2D eigenvalue weighted by Gasteiger charge is -2.27. The van der Waals surface area contributed by atoms with Crippen LogP contribution >= 0.6 is 11.6 Å². The van der Waals surface area contributed by atoms with E-state index >= 15 is 0 Å². The van der Waals surface area contributed by atoms with Gasteiger partial charge in [-0.3, -0.25) is 9.59 Å². The van der Waals surface area contributed by atoms with Crippen LogP contribution < -0.4 is 5.32 Å². The van der Waals surface area contributed by atoms with Gasteiger partial charge in [-0.15, -0.1) is 0 Å². The van der Waals surface area contributed by atoms with Gasteiger partial charge in [0.15, 0.2) is 0 Å². The second-order valence-electron chi connectivity index (χ2n) is 5.79. The van der Waals surface area contributed by atoms with E-state index in [1.165, 1.54) is 6.08 Å². The zero-order valence-electron chi connectivity index (χ0n) is 14.2. The Balaban J connectivity index is 1.72. The van der Waals surface area contributed by atoms with Gasteiger partial charge in [0.1, 0.15) is 0 Å². The van der Waals surface area contributed by atoms with Crippen molar-refractivity contribution >= 4 is 35.2 Å². The molecule has 6 heteroatoms. The van der Waals surface area contributed by atoms with Crippen molar-refractivity contribution in [2.24, 2.45) is 0 Å². The smallest absolute Gasteiger partial charge is 0.256 e. The molecule has 2 aromatic rings. The van der Waals surface area contributed by atoms with Crippen molar-refractivity contribution in [3.63, 3.8) is 0 Å². The molecule has 2 amide bonds. The third kappa shape index (κ3) is 4.50. The first kappa shape index (κ1) is 18.2. The Morgan fingerprint density at radius 2 is 1.73 bits per heavy atom. The second kappa shape index (κ2) is 8.65. The Bertz CT molecular complexity index is 829. The van der Waals surface area contributed by atoms with Crippen molar-refractivity contribution in [3.05, 3.63) is 70.8 Å². The SMILES string of the molecule is O=C(/C=C/c1ccccc1Cl)Nc1ccccc1C(=O)N1CCOCC1. The maximum absolute atomic E-state index is 12.7. The summed E-state index contributed by atoms with van der Waals surface area (Å²) < 4.78 is 5.28. The van der Waals surface area contributed by atoms with E-state index in [2.05, 4.69) is 5.32 Å². The quantitative estimate of drug-likeness (QED) is 0.838.